The average molecular weight is 209 g/mol. The lowest BCUT2D eigenvalue weighted by Gasteiger charge is -2.31. The molecule has 15 heavy (non-hydrogen) atoms. The van der Waals surface area contributed by atoms with Crippen LogP contribution in [0.5, 0.6) is 0 Å². The molecule has 0 bridgehead atoms. The Labute approximate surface area is 93.1 Å². The third-order valence-corrected chi connectivity index (χ3v) is 3.36. The van der Waals surface area contributed by atoms with Gasteiger partial charge >= 0.3 is 0 Å². The highest BCUT2D eigenvalue weighted by atomic mass is 16.1. The second-order valence-electron chi connectivity index (χ2n) is 4.56. The minimum Gasteiger partial charge on any atom is -0.316 e. The lowest BCUT2D eigenvalue weighted by atomic mass is 9.84. The van der Waals surface area contributed by atoms with Crippen LogP contribution in [0, 0.1) is 11.8 Å². The van der Waals surface area contributed by atoms with Crippen molar-refractivity contribution in [3.63, 3.8) is 0 Å². The maximum atomic E-state index is 11.8. The Balaban J connectivity index is 2.04. The van der Waals surface area contributed by atoms with E-state index in [-0.39, 0.29) is 5.92 Å². The quantitative estimate of drug-likeness (QED) is 0.491. The molecule has 1 heterocycles. The van der Waals surface area contributed by atoms with Crippen LogP contribution in [-0.2, 0) is 4.79 Å². The van der Waals surface area contributed by atoms with Crippen molar-refractivity contribution < 1.29 is 4.79 Å². The summed E-state index contributed by atoms with van der Waals surface area (Å²) in [5.41, 5.74) is 0. The Morgan fingerprint density at radius 1 is 1.47 bits per heavy atom. The van der Waals surface area contributed by atoms with Crippen LogP contribution in [0.3, 0.4) is 0 Å². The van der Waals surface area contributed by atoms with Crippen molar-refractivity contribution in [3.05, 3.63) is 12.7 Å². The van der Waals surface area contributed by atoms with Crippen LogP contribution in [0.2, 0.25) is 0 Å². The third kappa shape index (κ3) is 4.17. The summed E-state index contributed by atoms with van der Waals surface area (Å²) in [7, 11) is 0. The molecule has 0 radical (unpaired) electrons. The van der Waals surface area contributed by atoms with E-state index in [1.807, 2.05) is 6.08 Å². The summed E-state index contributed by atoms with van der Waals surface area (Å²) in [5.74, 6) is 1.33. The molecule has 0 saturated carbocycles. The van der Waals surface area contributed by atoms with E-state index in [0.717, 1.165) is 38.8 Å². The summed E-state index contributed by atoms with van der Waals surface area (Å²) < 4.78 is 0. The zero-order valence-electron chi connectivity index (χ0n) is 9.80. The minimum absolute atomic E-state index is 0.269. The Morgan fingerprint density at radius 2 is 2.20 bits per heavy atom. The molecule has 1 unspecified atom stereocenters. The van der Waals surface area contributed by atoms with E-state index in [2.05, 4.69) is 18.8 Å². The van der Waals surface area contributed by atoms with E-state index in [0.29, 0.717) is 11.7 Å². The Hall–Kier alpha value is -0.630. The monoisotopic (exact) mass is 209 g/mol. The van der Waals surface area contributed by atoms with E-state index in [1.165, 1.54) is 6.42 Å². The molecule has 1 rings (SSSR count). The first kappa shape index (κ1) is 12.4. The molecular formula is C13H23NO. The summed E-state index contributed by atoms with van der Waals surface area (Å²) in [6, 6.07) is 0. The Morgan fingerprint density at radius 3 is 2.73 bits per heavy atom. The smallest absolute Gasteiger partial charge is 0.136 e. The summed E-state index contributed by atoms with van der Waals surface area (Å²) in [6.07, 6.45) is 7.19. The van der Waals surface area contributed by atoms with Crippen LogP contribution >= 0.6 is 0 Å². The molecule has 1 atom stereocenters. The Kier molecular flexibility index (Phi) is 5.62. The molecule has 0 spiro atoms. The van der Waals surface area contributed by atoms with E-state index < -0.39 is 0 Å². The molecule has 1 aliphatic heterocycles. The molecule has 0 aromatic carbocycles. The molecule has 0 aliphatic carbocycles. The summed E-state index contributed by atoms with van der Waals surface area (Å²) in [6.45, 7) is 7.83. The van der Waals surface area contributed by atoms with Crippen LogP contribution in [0.15, 0.2) is 12.7 Å². The summed E-state index contributed by atoms with van der Waals surface area (Å²) in [5, 5.41) is 3.22. The van der Waals surface area contributed by atoms with Gasteiger partial charge < -0.3 is 5.32 Å². The largest absolute Gasteiger partial charge is 0.316 e. The van der Waals surface area contributed by atoms with Gasteiger partial charge in [0, 0.05) is 12.3 Å². The topological polar surface area (TPSA) is 29.1 Å². The standard InChI is InChI=1S/C13H23NO/c1-3-4-5-6-7-8-13(15)11(2)12-9-14-10-12/h3,11-12,14H,1,4-10H2,2H3. The maximum Gasteiger partial charge on any atom is 0.136 e. The number of carbonyl (C=O) groups excluding carboxylic acids is 1. The number of ketones is 1. The number of nitrogens with one attached hydrogen (secondary N) is 1. The van der Waals surface area contributed by atoms with Gasteiger partial charge in [-0.2, -0.15) is 0 Å². The molecular weight excluding hydrogens is 186 g/mol. The highest BCUT2D eigenvalue weighted by Crippen LogP contribution is 2.19. The number of unbranched alkanes of at least 4 members (excludes halogenated alkanes) is 3. The van der Waals surface area contributed by atoms with E-state index in [1.54, 1.807) is 0 Å². The van der Waals surface area contributed by atoms with Gasteiger partial charge in [0.15, 0.2) is 0 Å². The molecule has 1 N–H and O–H groups in total. The molecule has 86 valence electrons. The second-order valence-corrected chi connectivity index (χ2v) is 4.56. The predicted molar refractivity (Wildman–Crippen MR) is 63.8 cm³/mol. The normalized spacial score (nSPS) is 18.2. The fraction of sp³-hybridized carbons (Fsp3) is 0.769. The molecule has 0 amide bonds. The minimum atomic E-state index is 0.269. The first-order chi connectivity index (χ1) is 7.25. The third-order valence-electron chi connectivity index (χ3n) is 3.36. The van der Waals surface area contributed by atoms with E-state index in [4.69, 9.17) is 0 Å². The number of carbonyl (C=O) groups is 1. The van der Waals surface area contributed by atoms with Crippen molar-refractivity contribution >= 4 is 5.78 Å². The van der Waals surface area contributed by atoms with Crippen molar-refractivity contribution in [1.29, 1.82) is 0 Å². The predicted octanol–water partition coefficient (Wildman–Crippen LogP) is 2.55. The van der Waals surface area contributed by atoms with Gasteiger partial charge in [0.05, 0.1) is 0 Å². The first-order valence-electron chi connectivity index (χ1n) is 6.10. The number of hydrogen-bond donors (Lipinski definition) is 1. The second kappa shape index (κ2) is 6.78. The van der Waals surface area contributed by atoms with Crippen molar-refractivity contribution in [3.8, 4) is 0 Å². The lowest BCUT2D eigenvalue weighted by molar-refractivity contribution is -0.124. The first-order valence-corrected chi connectivity index (χ1v) is 6.10. The van der Waals surface area contributed by atoms with Crippen LogP contribution in [0.1, 0.15) is 39.0 Å². The SMILES string of the molecule is C=CCCCCCC(=O)C(C)C1CNC1. The Bertz CT molecular complexity index is 209. The highest BCUT2D eigenvalue weighted by molar-refractivity contribution is 5.81. The number of Topliss-reactive ketones (excluding diaryl/α,β-unsaturated/α-hetero) is 1. The van der Waals surface area contributed by atoms with Gasteiger partial charge in [0.1, 0.15) is 5.78 Å². The van der Waals surface area contributed by atoms with Gasteiger partial charge in [-0.05, 0) is 38.3 Å². The van der Waals surface area contributed by atoms with Gasteiger partial charge in [0.25, 0.3) is 0 Å². The maximum absolute atomic E-state index is 11.8. The van der Waals surface area contributed by atoms with Gasteiger partial charge in [0.2, 0.25) is 0 Å². The molecule has 2 nitrogen and oxygen atoms in total. The van der Waals surface area contributed by atoms with Crippen LogP contribution < -0.4 is 5.32 Å². The number of rotatable bonds is 8. The van der Waals surface area contributed by atoms with E-state index >= 15 is 0 Å². The average Bonchev–Trinajstić information content (AvgIpc) is 2.14. The fourth-order valence-electron chi connectivity index (χ4n) is 1.92. The van der Waals surface area contributed by atoms with Crippen LogP contribution in [0.4, 0.5) is 0 Å². The zero-order valence-corrected chi connectivity index (χ0v) is 9.80. The van der Waals surface area contributed by atoms with Crippen molar-refractivity contribution in [2.75, 3.05) is 13.1 Å². The van der Waals surface area contributed by atoms with Crippen molar-refractivity contribution in [2.45, 2.75) is 39.0 Å². The van der Waals surface area contributed by atoms with Crippen molar-refractivity contribution in [1.82, 2.24) is 5.32 Å². The van der Waals surface area contributed by atoms with Crippen LogP contribution in [0.25, 0.3) is 0 Å². The van der Waals surface area contributed by atoms with Gasteiger partial charge in [-0.15, -0.1) is 6.58 Å². The van der Waals surface area contributed by atoms with Gasteiger partial charge in [-0.3, -0.25) is 4.79 Å². The van der Waals surface area contributed by atoms with Crippen molar-refractivity contribution in [2.24, 2.45) is 11.8 Å². The molecule has 0 aromatic heterocycles. The fourth-order valence-corrected chi connectivity index (χ4v) is 1.92. The molecule has 1 aliphatic rings. The molecule has 1 fully saturated rings. The molecule has 1 saturated heterocycles. The highest BCUT2D eigenvalue weighted by Gasteiger charge is 2.27. The molecule has 2 heteroatoms. The number of hydrogen-bond acceptors (Lipinski definition) is 2. The summed E-state index contributed by atoms with van der Waals surface area (Å²) in [4.78, 5) is 11.8. The van der Waals surface area contributed by atoms with Gasteiger partial charge in [-0.1, -0.05) is 19.4 Å². The van der Waals surface area contributed by atoms with Gasteiger partial charge in [-0.25, -0.2) is 0 Å². The summed E-state index contributed by atoms with van der Waals surface area (Å²) >= 11 is 0. The van der Waals surface area contributed by atoms with Crippen LogP contribution in [-0.4, -0.2) is 18.9 Å². The van der Waals surface area contributed by atoms with E-state index in [9.17, 15) is 4.79 Å². The molecule has 0 aromatic rings. The lowest BCUT2D eigenvalue weighted by Crippen LogP contribution is -2.47. The zero-order chi connectivity index (χ0) is 11.1. The number of allylic oxidation sites excluding steroid dienone is 1.